The molecule has 1 N–H and O–H groups in total. The minimum atomic E-state index is -4.11. The summed E-state index contributed by atoms with van der Waals surface area (Å²) in [6.07, 6.45) is 1.30. The molecule has 0 aliphatic rings. The first kappa shape index (κ1) is 19.8. The summed E-state index contributed by atoms with van der Waals surface area (Å²) in [4.78, 5) is 16.1. The Hall–Kier alpha value is -2.55. The monoisotopic (exact) mass is 384 g/mol. The molecular weight excluding hydrogens is 366 g/mol. The molecule has 0 radical (unpaired) electrons. The van der Waals surface area contributed by atoms with Gasteiger partial charge >= 0.3 is 5.97 Å². The van der Waals surface area contributed by atoms with Gasteiger partial charge in [-0.15, -0.1) is 0 Å². The highest BCUT2D eigenvalue weighted by atomic mass is 32.2. The number of esters is 1. The number of sulfonamides is 1. The molecule has 140 valence electrons. The van der Waals surface area contributed by atoms with Gasteiger partial charge in [-0.2, -0.15) is 0 Å². The van der Waals surface area contributed by atoms with Gasteiger partial charge in [0.1, 0.15) is 22.8 Å². The number of rotatable bonds is 5. The molecule has 1 heterocycles. The quantitative estimate of drug-likeness (QED) is 0.800. The lowest BCUT2D eigenvalue weighted by molar-refractivity contribution is 0.00704. The van der Waals surface area contributed by atoms with Crippen LogP contribution in [0.1, 0.15) is 36.7 Å². The lowest BCUT2D eigenvalue weighted by Gasteiger charge is -2.20. The molecule has 1 aromatic heterocycles. The molecule has 0 aliphatic heterocycles. The van der Waals surface area contributed by atoms with Crippen molar-refractivity contribution in [2.24, 2.45) is 0 Å². The Morgan fingerprint density at radius 3 is 2.54 bits per heavy atom. The Balaban J connectivity index is 2.26. The van der Waals surface area contributed by atoms with Crippen LogP contribution in [-0.4, -0.2) is 25.0 Å². The molecule has 0 bridgehead atoms. The van der Waals surface area contributed by atoms with Gasteiger partial charge in [0, 0.05) is 17.8 Å². The van der Waals surface area contributed by atoms with Gasteiger partial charge in [0.2, 0.25) is 10.0 Å². The number of pyridine rings is 1. The molecule has 0 atom stereocenters. The van der Waals surface area contributed by atoms with Crippen LogP contribution in [0.15, 0.2) is 36.5 Å². The third-order valence-corrected chi connectivity index (χ3v) is 4.23. The number of ether oxygens (including phenoxy) is 1. The van der Waals surface area contributed by atoms with Crippen molar-refractivity contribution >= 4 is 21.8 Å². The van der Waals surface area contributed by atoms with E-state index < -0.39 is 39.0 Å². The lowest BCUT2D eigenvalue weighted by Crippen LogP contribution is -2.25. The molecule has 0 saturated heterocycles. The Morgan fingerprint density at radius 2 is 1.92 bits per heavy atom. The number of hydrogen-bond acceptors (Lipinski definition) is 5. The van der Waals surface area contributed by atoms with Crippen molar-refractivity contribution in [2.45, 2.75) is 32.1 Å². The van der Waals surface area contributed by atoms with E-state index in [1.54, 1.807) is 20.8 Å². The van der Waals surface area contributed by atoms with Gasteiger partial charge in [0.15, 0.2) is 5.82 Å². The molecule has 2 aromatic rings. The van der Waals surface area contributed by atoms with Crippen LogP contribution in [0.2, 0.25) is 0 Å². The highest BCUT2D eigenvalue weighted by molar-refractivity contribution is 7.91. The maximum absolute atomic E-state index is 13.7. The SMILES string of the molecule is CC(C)(C)OC(=O)c1cccnc1NS(=O)(=O)Cc1ccc(F)cc1F. The third-order valence-electron chi connectivity index (χ3n) is 3.04. The molecule has 9 heteroatoms. The Labute approximate surface area is 150 Å². The van der Waals surface area contributed by atoms with E-state index >= 15 is 0 Å². The minimum absolute atomic E-state index is 0.0782. The average Bonchev–Trinajstić information content (AvgIpc) is 2.48. The molecule has 0 aliphatic carbocycles. The molecule has 0 amide bonds. The minimum Gasteiger partial charge on any atom is -0.456 e. The topological polar surface area (TPSA) is 85.4 Å². The van der Waals surface area contributed by atoms with Crippen molar-refractivity contribution in [1.29, 1.82) is 0 Å². The molecule has 1 aromatic carbocycles. The standard InChI is InChI=1S/C17H18F2N2O4S/c1-17(2,3)25-16(22)13-5-4-8-20-15(13)21-26(23,24)10-11-6-7-12(18)9-14(11)19/h4-9H,10H2,1-3H3,(H,20,21). The fourth-order valence-corrected chi connectivity index (χ4v) is 3.18. The van der Waals surface area contributed by atoms with Gasteiger partial charge in [0.05, 0.1) is 5.75 Å². The molecule has 6 nitrogen and oxygen atoms in total. The van der Waals surface area contributed by atoms with Crippen LogP contribution in [0.5, 0.6) is 0 Å². The number of aromatic nitrogens is 1. The fraction of sp³-hybridized carbons (Fsp3) is 0.294. The number of nitrogens with one attached hydrogen (secondary N) is 1. The predicted octanol–water partition coefficient (Wildman–Crippen LogP) is 3.26. The van der Waals surface area contributed by atoms with E-state index in [9.17, 15) is 22.0 Å². The van der Waals surface area contributed by atoms with Gasteiger partial charge in [0.25, 0.3) is 0 Å². The van der Waals surface area contributed by atoms with E-state index in [0.29, 0.717) is 6.07 Å². The number of carbonyl (C=O) groups excluding carboxylic acids is 1. The van der Waals surface area contributed by atoms with Gasteiger partial charge < -0.3 is 4.74 Å². The zero-order valence-electron chi connectivity index (χ0n) is 14.4. The Morgan fingerprint density at radius 1 is 1.23 bits per heavy atom. The maximum Gasteiger partial charge on any atom is 0.342 e. The molecule has 0 spiro atoms. The highest BCUT2D eigenvalue weighted by Crippen LogP contribution is 2.20. The number of benzene rings is 1. The third kappa shape index (κ3) is 5.48. The zero-order valence-corrected chi connectivity index (χ0v) is 15.2. The summed E-state index contributed by atoms with van der Waals surface area (Å²) in [5.74, 6) is -3.53. The smallest absolute Gasteiger partial charge is 0.342 e. The van der Waals surface area contributed by atoms with Crippen LogP contribution < -0.4 is 4.72 Å². The van der Waals surface area contributed by atoms with Crippen molar-refractivity contribution in [3.63, 3.8) is 0 Å². The molecular formula is C17H18F2N2O4S. The van der Waals surface area contributed by atoms with E-state index in [4.69, 9.17) is 4.74 Å². The first-order chi connectivity index (χ1) is 12.0. The Kier molecular flexibility index (Phi) is 5.60. The maximum atomic E-state index is 13.7. The fourth-order valence-electron chi connectivity index (χ4n) is 2.01. The number of carbonyl (C=O) groups is 1. The number of halogens is 2. The summed E-state index contributed by atoms with van der Waals surface area (Å²) in [5, 5.41) is 0. The van der Waals surface area contributed by atoms with Gasteiger partial charge in [-0.05, 0) is 39.0 Å². The zero-order chi connectivity index (χ0) is 19.5. The summed E-state index contributed by atoms with van der Waals surface area (Å²) in [7, 11) is -4.11. The molecule has 0 saturated carbocycles. The Bertz CT molecular complexity index is 925. The highest BCUT2D eigenvalue weighted by Gasteiger charge is 2.24. The first-order valence-electron chi connectivity index (χ1n) is 7.60. The van der Waals surface area contributed by atoms with Crippen LogP contribution >= 0.6 is 0 Å². The second-order valence-corrected chi connectivity index (χ2v) is 8.22. The van der Waals surface area contributed by atoms with Crippen molar-refractivity contribution in [3.05, 3.63) is 59.3 Å². The van der Waals surface area contributed by atoms with Crippen molar-refractivity contribution in [2.75, 3.05) is 4.72 Å². The van der Waals surface area contributed by atoms with E-state index in [-0.39, 0.29) is 16.9 Å². The van der Waals surface area contributed by atoms with Gasteiger partial charge in [-0.25, -0.2) is 27.0 Å². The van der Waals surface area contributed by atoms with Crippen LogP contribution in [-0.2, 0) is 20.5 Å². The van der Waals surface area contributed by atoms with E-state index in [0.717, 1.165) is 12.1 Å². The van der Waals surface area contributed by atoms with Crippen LogP contribution in [0.25, 0.3) is 0 Å². The summed E-state index contributed by atoms with van der Waals surface area (Å²) >= 11 is 0. The van der Waals surface area contributed by atoms with Crippen LogP contribution in [0.4, 0.5) is 14.6 Å². The second-order valence-electron chi connectivity index (χ2n) is 6.50. The number of hydrogen-bond donors (Lipinski definition) is 1. The van der Waals surface area contributed by atoms with Crippen molar-refractivity contribution < 1.29 is 26.7 Å². The van der Waals surface area contributed by atoms with Crippen molar-refractivity contribution in [1.82, 2.24) is 4.98 Å². The van der Waals surface area contributed by atoms with E-state index in [1.807, 2.05) is 0 Å². The first-order valence-corrected chi connectivity index (χ1v) is 9.25. The number of anilines is 1. The summed E-state index contributed by atoms with van der Waals surface area (Å²) in [6.45, 7) is 5.01. The molecule has 0 unspecified atom stereocenters. The summed E-state index contributed by atoms with van der Waals surface area (Å²) in [5.41, 5.74) is -1.07. The van der Waals surface area contributed by atoms with Crippen molar-refractivity contribution in [3.8, 4) is 0 Å². The summed E-state index contributed by atoms with van der Waals surface area (Å²) < 4.78 is 58.6. The van der Waals surface area contributed by atoms with Gasteiger partial charge in [-0.3, -0.25) is 4.72 Å². The van der Waals surface area contributed by atoms with E-state index in [2.05, 4.69) is 9.71 Å². The molecule has 2 rings (SSSR count). The predicted molar refractivity (Wildman–Crippen MR) is 92.0 cm³/mol. The normalized spacial score (nSPS) is 11.9. The summed E-state index contributed by atoms with van der Waals surface area (Å²) in [6, 6.07) is 5.41. The molecule has 0 fully saturated rings. The molecule has 26 heavy (non-hydrogen) atoms. The van der Waals surface area contributed by atoms with Crippen LogP contribution in [0, 0.1) is 11.6 Å². The van der Waals surface area contributed by atoms with Gasteiger partial charge in [-0.1, -0.05) is 6.07 Å². The van der Waals surface area contributed by atoms with Crippen LogP contribution in [0.3, 0.4) is 0 Å². The lowest BCUT2D eigenvalue weighted by atomic mass is 10.2. The second kappa shape index (κ2) is 7.36. The largest absolute Gasteiger partial charge is 0.456 e. The number of nitrogens with zero attached hydrogens (tertiary/aromatic N) is 1. The van der Waals surface area contributed by atoms with E-state index in [1.165, 1.54) is 18.3 Å². The average molecular weight is 384 g/mol.